The number of aromatic amines is 3. The van der Waals surface area contributed by atoms with E-state index in [9.17, 15) is 0 Å². The highest BCUT2D eigenvalue weighted by atomic mass is 79.9. The van der Waals surface area contributed by atoms with E-state index >= 15 is 0 Å². The summed E-state index contributed by atoms with van der Waals surface area (Å²) >= 11 is 3.60. The molecule has 3 heterocycles. The number of hydrogen-bond acceptors (Lipinski definition) is 2. The Balaban J connectivity index is 1.28. The van der Waals surface area contributed by atoms with Crippen LogP contribution in [0, 0.1) is 0 Å². The molecule has 38 heavy (non-hydrogen) atoms. The second-order valence-corrected chi connectivity index (χ2v) is 10.6. The number of nitrogens with zero attached hydrogens (tertiary/aromatic N) is 1. The summed E-state index contributed by atoms with van der Waals surface area (Å²) in [5.74, 6) is 0.873. The largest absolute Gasteiger partial charge is 0.381 e. The number of nitrogens with one attached hydrogen (secondary N) is 4. The van der Waals surface area contributed by atoms with Crippen LogP contribution >= 0.6 is 15.9 Å². The Labute approximate surface area is 226 Å². The minimum atomic E-state index is 0.722. The SMILES string of the molecule is Brc1ccc2[nH]cc(CNc3ccc4c5ccccc5c5[nH]c(-c6c[nH]c7ccccc67)nc5c4c3)c2c1. The van der Waals surface area contributed by atoms with Crippen molar-refractivity contribution in [2.75, 3.05) is 5.32 Å². The number of halogens is 1. The first-order chi connectivity index (χ1) is 18.7. The summed E-state index contributed by atoms with van der Waals surface area (Å²) in [6.07, 6.45) is 4.12. The zero-order valence-corrected chi connectivity index (χ0v) is 21.9. The fourth-order valence-electron chi connectivity index (χ4n) is 5.67. The quantitative estimate of drug-likeness (QED) is 0.164. The minimum absolute atomic E-state index is 0.722. The first-order valence-corrected chi connectivity index (χ1v) is 13.4. The molecule has 0 aliphatic rings. The Morgan fingerprint density at radius 1 is 0.684 bits per heavy atom. The topological polar surface area (TPSA) is 72.3 Å². The van der Waals surface area contributed by atoms with Gasteiger partial charge in [0.2, 0.25) is 0 Å². The Kier molecular flexibility index (Phi) is 4.66. The third kappa shape index (κ3) is 3.27. The minimum Gasteiger partial charge on any atom is -0.381 e. The molecule has 182 valence electrons. The van der Waals surface area contributed by atoms with Crippen LogP contribution in [0.5, 0.6) is 0 Å². The van der Waals surface area contributed by atoms with Gasteiger partial charge in [-0.3, -0.25) is 0 Å². The molecule has 8 rings (SSSR count). The zero-order valence-electron chi connectivity index (χ0n) is 20.3. The fourth-order valence-corrected chi connectivity index (χ4v) is 6.03. The molecule has 6 heteroatoms. The predicted molar refractivity (Wildman–Crippen MR) is 162 cm³/mol. The van der Waals surface area contributed by atoms with Crippen molar-refractivity contribution in [2.24, 2.45) is 0 Å². The van der Waals surface area contributed by atoms with Gasteiger partial charge in [0.05, 0.1) is 11.0 Å². The van der Waals surface area contributed by atoms with Crippen molar-refractivity contribution in [2.45, 2.75) is 6.54 Å². The smallest absolute Gasteiger partial charge is 0.140 e. The summed E-state index contributed by atoms with van der Waals surface area (Å²) in [5, 5.41) is 10.8. The molecule has 0 aliphatic carbocycles. The van der Waals surface area contributed by atoms with Crippen LogP contribution in [0.2, 0.25) is 0 Å². The molecule has 0 saturated heterocycles. The van der Waals surface area contributed by atoms with E-state index in [1.165, 1.54) is 27.1 Å². The van der Waals surface area contributed by atoms with E-state index in [1.54, 1.807) is 0 Å². The first kappa shape index (κ1) is 21.5. The molecular formula is C32H22BrN5. The molecule has 3 aromatic heterocycles. The van der Waals surface area contributed by atoms with Crippen molar-refractivity contribution in [3.8, 4) is 11.4 Å². The molecule has 5 aromatic carbocycles. The van der Waals surface area contributed by atoms with Crippen molar-refractivity contribution < 1.29 is 0 Å². The lowest BCUT2D eigenvalue weighted by Gasteiger charge is -2.10. The number of H-pyrrole nitrogens is 3. The van der Waals surface area contributed by atoms with Crippen LogP contribution in [0.25, 0.3) is 65.8 Å². The number of aromatic nitrogens is 4. The Hall–Kier alpha value is -4.55. The molecule has 0 bridgehead atoms. The van der Waals surface area contributed by atoms with E-state index in [4.69, 9.17) is 4.98 Å². The van der Waals surface area contributed by atoms with Gasteiger partial charge in [-0.25, -0.2) is 4.98 Å². The van der Waals surface area contributed by atoms with Gasteiger partial charge >= 0.3 is 0 Å². The van der Waals surface area contributed by atoms with Crippen molar-refractivity contribution in [3.05, 3.63) is 107 Å². The predicted octanol–water partition coefficient (Wildman–Crippen LogP) is 8.87. The monoisotopic (exact) mass is 555 g/mol. The molecule has 0 amide bonds. The number of rotatable bonds is 4. The first-order valence-electron chi connectivity index (χ1n) is 12.6. The van der Waals surface area contributed by atoms with Crippen LogP contribution in [-0.2, 0) is 6.54 Å². The van der Waals surface area contributed by atoms with Gasteiger partial charge in [-0.2, -0.15) is 0 Å². The number of hydrogen-bond donors (Lipinski definition) is 4. The van der Waals surface area contributed by atoms with E-state index in [-0.39, 0.29) is 0 Å². The number of fused-ring (bicyclic) bond motifs is 8. The number of anilines is 1. The van der Waals surface area contributed by atoms with E-state index < -0.39 is 0 Å². The van der Waals surface area contributed by atoms with Gasteiger partial charge in [0.15, 0.2) is 0 Å². The average molecular weight is 556 g/mol. The molecule has 5 nitrogen and oxygen atoms in total. The van der Waals surface area contributed by atoms with Gasteiger partial charge in [-0.1, -0.05) is 64.5 Å². The number of benzene rings is 5. The fraction of sp³-hybridized carbons (Fsp3) is 0.0312. The van der Waals surface area contributed by atoms with Crippen molar-refractivity contribution >= 4 is 76.0 Å². The highest BCUT2D eigenvalue weighted by Crippen LogP contribution is 2.37. The average Bonchev–Trinajstić information content (AvgIpc) is 3.68. The van der Waals surface area contributed by atoms with Crippen LogP contribution < -0.4 is 5.32 Å². The lowest BCUT2D eigenvalue weighted by molar-refractivity contribution is 1.16. The maximum atomic E-state index is 5.17. The summed E-state index contributed by atoms with van der Waals surface area (Å²) in [7, 11) is 0. The van der Waals surface area contributed by atoms with Gasteiger partial charge in [0, 0.05) is 67.2 Å². The normalized spacial score (nSPS) is 11.9. The highest BCUT2D eigenvalue weighted by Gasteiger charge is 2.16. The molecular weight excluding hydrogens is 534 g/mol. The van der Waals surface area contributed by atoms with Crippen molar-refractivity contribution in [3.63, 3.8) is 0 Å². The van der Waals surface area contributed by atoms with E-state index in [2.05, 4.69) is 121 Å². The van der Waals surface area contributed by atoms with Gasteiger partial charge in [0.25, 0.3) is 0 Å². The molecule has 0 saturated carbocycles. The summed E-state index contributed by atoms with van der Waals surface area (Å²) < 4.78 is 1.08. The maximum absolute atomic E-state index is 5.17. The number of para-hydroxylation sites is 1. The second kappa shape index (κ2) is 8.23. The second-order valence-electron chi connectivity index (χ2n) is 9.72. The third-order valence-corrected chi connectivity index (χ3v) is 8.02. The molecule has 0 fully saturated rings. The molecule has 0 spiro atoms. The van der Waals surface area contributed by atoms with Crippen molar-refractivity contribution in [1.29, 1.82) is 0 Å². The van der Waals surface area contributed by atoms with Gasteiger partial charge < -0.3 is 20.3 Å². The Morgan fingerprint density at radius 3 is 2.37 bits per heavy atom. The Morgan fingerprint density at radius 2 is 1.45 bits per heavy atom. The summed E-state index contributed by atoms with van der Waals surface area (Å²) in [6, 6.07) is 29.8. The molecule has 0 atom stereocenters. The van der Waals surface area contributed by atoms with Crippen LogP contribution in [-0.4, -0.2) is 19.9 Å². The summed E-state index contributed by atoms with van der Waals surface area (Å²) in [6.45, 7) is 0.722. The highest BCUT2D eigenvalue weighted by molar-refractivity contribution is 9.10. The molecule has 8 aromatic rings. The van der Waals surface area contributed by atoms with Crippen LogP contribution in [0.3, 0.4) is 0 Å². The van der Waals surface area contributed by atoms with Crippen LogP contribution in [0.4, 0.5) is 5.69 Å². The lowest BCUT2D eigenvalue weighted by Crippen LogP contribution is -1.98. The van der Waals surface area contributed by atoms with Gasteiger partial charge in [-0.05, 0) is 52.7 Å². The van der Waals surface area contributed by atoms with Crippen LogP contribution in [0.1, 0.15) is 5.56 Å². The van der Waals surface area contributed by atoms with Gasteiger partial charge in [-0.15, -0.1) is 0 Å². The van der Waals surface area contributed by atoms with Crippen molar-refractivity contribution in [1.82, 2.24) is 19.9 Å². The maximum Gasteiger partial charge on any atom is 0.140 e. The van der Waals surface area contributed by atoms with Gasteiger partial charge in [0.1, 0.15) is 5.82 Å². The molecule has 4 N–H and O–H groups in total. The van der Waals surface area contributed by atoms with E-state index in [1.807, 2.05) is 12.3 Å². The Bertz CT molecular complexity index is 2160. The lowest BCUT2D eigenvalue weighted by atomic mass is 9.99. The number of imidazole rings is 1. The zero-order chi connectivity index (χ0) is 25.2. The molecule has 0 aliphatic heterocycles. The van der Waals surface area contributed by atoms with E-state index in [0.717, 1.165) is 60.9 Å². The van der Waals surface area contributed by atoms with Crippen LogP contribution in [0.15, 0.2) is 102 Å². The summed E-state index contributed by atoms with van der Waals surface area (Å²) in [5.41, 5.74) is 7.66. The molecule has 0 radical (unpaired) electrons. The summed E-state index contributed by atoms with van der Waals surface area (Å²) in [4.78, 5) is 15.6. The van der Waals surface area contributed by atoms with E-state index in [0.29, 0.717) is 0 Å². The standard InChI is InChI=1S/C32H22BrN5/c33-19-9-12-29-25(13-19)18(16-35-29)15-34-20-10-11-22-21-5-1-2-7-24(21)30-31(26(22)14-20)38-32(37-30)27-17-36-28-8-4-3-6-23(27)28/h1-14,16-17,34-36H,15H2,(H,37,38). The third-order valence-electron chi connectivity index (χ3n) is 7.52. The molecule has 0 unspecified atom stereocenters.